The van der Waals surface area contributed by atoms with Crippen molar-refractivity contribution in [3.05, 3.63) is 88.1 Å². The number of hydrogen-bond acceptors (Lipinski definition) is 7. The first-order valence-corrected chi connectivity index (χ1v) is 12.7. The number of aliphatic hydroxyl groups excluding tert-OH is 1. The van der Waals surface area contributed by atoms with Crippen molar-refractivity contribution in [2.45, 2.75) is 37.8 Å². The second kappa shape index (κ2) is 9.88. The average molecular weight is 530 g/mol. The first-order chi connectivity index (χ1) is 18.5. The van der Waals surface area contributed by atoms with Gasteiger partial charge in [-0.3, -0.25) is 14.0 Å². The lowest BCUT2D eigenvalue weighted by Gasteiger charge is -2.26. The first-order valence-electron chi connectivity index (χ1n) is 12.3. The number of para-hydroxylation sites is 1. The summed E-state index contributed by atoms with van der Waals surface area (Å²) in [4.78, 5) is 39.4. The quantitative estimate of drug-likeness (QED) is 0.315. The second-order valence-electron chi connectivity index (χ2n) is 9.30. The Hall–Kier alpha value is -4.28. The van der Waals surface area contributed by atoms with Gasteiger partial charge in [0.25, 0.3) is 11.5 Å². The van der Waals surface area contributed by atoms with Gasteiger partial charge in [-0.1, -0.05) is 23.7 Å². The SMILES string of the molecule is O=C(NC1CCC(O)CC1)c1ccc(Nc2ncc3c(=O)n(-c4ccccc4Cl)c4nccn4c3n2)cc1. The molecule has 3 N–H and O–H groups in total. The lowest BCUT2D eigenvalue weighted by atomic mass is 9.93. The number of amides is 1. The number of benzene rings is 2. The first kappa shape index (κ1) is 24.1. The molecule has 0 saturated heterocycles. The van der Waals surface area contributed by atoms with E-state index >= 15 is 0 Å². The zero-order valence-electron chi connectivity index (χ0n) is 20.2. The minimum atomic E-state index is -0.332. The van der Waals surface area contributed by atoms with Crippen molar-refractivity contribution >= 4 is 46.0 Å². The van der Waals surface area contributed by atoms with Gasteiger partial charge in [-0.05, 0) is 62.1 Å². The van der Waals surface area contributed by atoms with Gasteiger partial charge in [0, 0.05) is 35.9 Å². The molecule has 2 aromatic carbocycles. The number of aromatic nitrogens is 5. The molecule has 1 saturated carbocycles. The van der Waals surface area contributed by atoms with Crippen molar-refractivity contribution in [3.63, 3.8) is 0 Å². The number of rotatable bonds is 5. The molecule has 0 radical (unpaired) electrons. The third-order valence-corrected chi connectivity index (χ3v) is 7.10. The molecule has 10 nitrogen and oxygen atoms in total. The molecular weight excluding hydrogens is 506 g/mol. The van der Waals surface area contributed by atoms with E-state index in [2.05, 4.69) is 25.6 Å². The van der Waals surface area contributed by atoms with Crippen molar-refractivity contribution in [2.24, 2.45) is 0 Å². The van der Waals surface area contributed by atoms with Crippen LogP contribution in [0.25, 0.3) is 22.5 Å². The van der Waals surface area contributed by atoms with Crippen LogP contribution < -0.4 is 16.2 Å². The van der Waals surface area contributed by atoms with Crippen LogP contribution in [0.5, 0.6) is 0 Å². The minimum absolute atomic E-state index is 0.0808. The summed E-state index contributed by atoms with van der Waals surface area (Å²) in [6.45, 7) is 0. The van der Waals surface area contributed by atoms with Crippen LogP contribution in [0, 0.1) is 0 Å². The van der Waals surface area contributed by atoms with Crippen molar-refractivity contribution in [1.29, 1.82) is 0 Å². The number of aliphatic hydroxyl groups is 1. The van der Waals surface area contributed by atoms with Crippen LogP contribution >= 0.6 is 11.6 Å². The molecule has 0 unspecified atom stereocenters. The summed E-state index contributed by atoms with van der Waals surface area (Å²) in [7, 11) is 0. The zero-order chi connectivity index (χ0) is 26.2. The molecule has 6 rings (SSSR count). The number of imidazole rings is 1. The molecule has 3 aromatic heterocycles. The zero-order valence-corrected chi connectivity index (χ0v) is 21.0. The van der Waals surface area contributed by atoms with E-state index < -0.39 is 0 Å². The van der Waals surface area contributed by atoms with E-state index in [1.165, 1.54) is 10.8 Å². The number of carbonyl (C=O) groups excluding carboxylic acids is 1. The maximum absolute atomic E-state index is 13.4. The highest BCUT2D eigenvalue weighted by Crippen LogP contribution is 2.23. The van der Waals surface area contributed by atoms with Gasteiger partial charge in [-0.2, -0.15) is 4.98 Å². The largest absolute Gasteiger partial charge is 0.393 e. The molecule has 0 atom stereocenters. The van der Waals surface area contributed by atoms with Crippen molar-refractivity contribution in [2.75, 3.05) is 5.32 Å². The highest BCUT2D eigenvalue weighted by molar-refractivity contribution is 6.32. The monoisotopic (exact) mass is 529 g/mol. The summed E-state index contributed by atoms with van der Waals surface area (Å²) in [5, 5.41) is 16.6. The van der Waals surface area contributed by atoms with Gasteiger partial charge < -0.3 is 15.7 Å². The highest BCUT2D eigenvalue weighted by atomic mass is 35.5. The van der Waals surface area contributed by atoms with E-state index in [1.807, 2.05) is 0 Å². The number of halogens is 1. The van der Waals surface area contributed by atoms with Gasteiger partial charge in [-0.15, -0.1) is 0 Å². The fourth-order valence-corrected chi connectivity index (χ4v) is 5.00. The maximum atomic E-state index is 13.4. The summed E-state index contributed by atoms with van der Waals surface area (Å²) < 4.78 is 3.16. The molecule has 11 heteroatoms. The van der Waals surface area contributed by atoms with Crippen LogP contribution in [0.3, 0.4) is 0 Å². The number of fused-ring (bicyclic) bond motifs is 3. The molecule has 0 bridgehead atoms. The fourth-order valence-electron chi connectivity index (χ4n) is 4.78. The number of carbonyl (C=O) groups is 1. The number of anilines is 2. The van der Waals surface area contributed by atoms with E-state index in [-0.39, 0.29) is 23.6 Å². The third kappa shape index (κ3) is 4.48. The summed E-state index contributed by atoms with van der Waals surface area (Å²) in [5.74, 6) is 0.528. The number of hydrogen-bond donors (Lipinski definition) is 3. The van der Waals surface area contributed by atoms with E-state index in [4.69, 9.17) is 11.6 Å². The van der Waals surface area contributed by atoms with Gasteiger partial charge in [0.15, 0.2) is 5.65 Å². The van der Waals surface area contributed by atoms with Crippen molar-refractivity contribution in [3.8, 4) is 5.69 Å². The predicted molar refractivity (Wildman–Crippen MR) is 144 cm³/mol. The molecular formula is C27H24ClN7O3. The molecule has 5 aromatic rings. The Morgan fingerprint density at radius 1 is 1.03 bits per heavy atom. The fraction of sp³-hybridized carbons (Fsp3) is 0.222. The van der Waals surface area contributed by atoms with E-state index in [0.717, 1.165) is 12.8 Å². The topological polar surface area (TPSA) is 126 Å². The molecule has 1 aliphatic rings. The second-order valence-corrected chi connectivity index (χ2v) is 9.71. The molecule has 3 heterocycles. The van der Waals surface area contributed by atoms with Crippen molar-refractivity contribution < 1.29 is 9.90 Å². The van der Waals surface area contributed by atoms with Crippen molar-refractivity contribution in [1.82, 2.24) is 29.2 Å². The van der Waals surface area contributed by atoms with Crippen LogP contribution in [-0.4, -0.2) is 47.1 Å². The molecule has 1 amide bonds. The Labute approximate surface area is 222 Å². The average Bonchev–Trinajstić information content (AvgIpc) is 3.41. The Morgan fingerprint density at radius 3 is 2.55 bits per heavy atom. The number of nitrogens with zero attached hydrogens (tertiary/aromatic N) is 5. The third-order valence-electron chi connectivity index (χ3n) is 6.78. The standard InChI is InChI=1S/C27H24ClN7O3/c28-21-3-1-2-4-22(21)35-25(38)20-15-30-26(33-23(20)34-14-13-29-27(34)35)32-18-7-5-16(6-8-18)24(37)31-17-9-11-19(36)12-10-17/h1-8,13-15,17,19,36H,9-12H2,(H,31,37)(H,30,32,33). The molecule has 1 aliphatic carbocycles. The summed E-state index contributed by atoms with van der Waals surface area (Å²) in [6, 6.07) is 14.2. The molecule has 0 spiro atoms. The van der Waals surface area contributed by atoms with Gasteiger partial charge >= 0.3 is 0 Å². The summed E-state index contributed by atoms with van der Waals surface area (Å²) in [5.41, 5.74) is 1.82. The maximum Gasteiger partial charge on any atom is 0.270 e. The van der Waals surface area contributed by atoms with E-state index in [9.17, 15) is 14.7 Å². The summed E-state index contributed by atoms with van der Waals surface area (Å²) in [6.07, 6.45) is 7.50. The van der Waals surface area contributed by atoms with Gasteiger partial charge in [-0.25, -0.2) is 14.5 Å². The van der Waals surface area contributed by atoms with Crippen LogP contribution in [0.2, 0.25) is 5.02 Å². The highest BCUT2D eigenvalue weighted by Gasteiger charge is 2.21. The summed E-state index contributed by atoms with van der Waals surface area (Å²) >= 11 is 6.38. The lowest BCUT2D eigenvalue weighted by Crippen LogP contribution is -2.38. The Bertz CT molecular complexity index is 1710. The minimum Gasteiger partial charge on any atom is -0.393 e. The van der Waals surface area contributed by atoms with Crippen LogP contribution in [0.4, 0.5) is 11.6 Å². The number of nitrogens with one attached hydrogen (secondary N) is 2. The Kier molecular flexibility index (Phi) is 6.26. The Morgan fingerprint density at radius 2 is 1.79 bits per heavy atom. The predicted octanol–water partition coefficient (Wildman–Crippen LogP) is 3.86. The molecule has 38 heavy (non-hydrogen) atoms. The molecule has 1 fully saturated rings. The lowest BCUT2D eigenvalue weighted by molar-refractivity contribution is 0.0867. The van der Waals surface area contributed by atoms with E-state index in [1.54, 1.807) is 65.3 Å². The van der Waals surface area contributed by atoms with Gasteiger partial charge in [0.2, 0.25) is 11.7 Å². The van der Waals surface area contributed by atoms with Crippen LogP contribution in [0.15, 0.2) is 71.9 Å². The Balaban J connectivity index is 1.26. The molecule has 192 valence electrons. The van der Waals surface area contributed by atoms with Gasteiger partial charge in [0.1, 0.15) is 5.39 Å². The van der Waals surface area contributed by atoms with Gasteiger partial charge in [0.05, 0.1) is 16.8 Å². The van der Waals surface area contributed by atoms with E-state index in [0.29, 0.717) is 57.6 Å². The smallest absolute Gasteiger partial charge is 0.270 e. The molecule has 0 aliphatic heterocycles. The van der Waals surface area contributed by atoms with Crippen LogP contribution in [0.1, 0.15) is 36.0 Å². The van der Waals surface area contributed by atoms with Crippen LogP contribution in [-0.2, 0) is 0 Å². The normalized spacial score (nSPS) is 17.5.